The molecule has 2 amide bonds. The van der Waals surface area contributed by atoms with Gasteiger partial charge in [0.05, 0.1) is 17.0 Å². The Morgan fingerprint density at radius 2 is 2.00 bits per heavy atom. The number of nitrogens with one attached hydrogen (secondary N) is 1. The Hall–Kier alpha value is -2.64. The van der Waals surface area contributed by atoms with Crippen LogP contribution in [0.4, 0.5) is 5.00 Å². The van der Waals surface area contributed by atoms with Gasteiger partial charge >= 0.3 is 5.97 Å². The van der Waals surface area contributed by atoms with Crippen LogP contribution in [0.2, 0.25) is 5.02 Å². The predicted octanol–water partition coefficient (Wildman–Crippen LogP) is 4.24. The lowest BCUT2D eigenvalue weighted by Gasteiger charge is -2.09. The van der Waals surface area contributed by atoms with Gasteiger partial charge in [-0.25, -0.2) is 4.79 Å². The van der Waals surface area contributed by atoms with Crippen molar-refractivity contribution in [3.63, 3.8) is 0 Å². The number of hydrogen-bond acceptors (Lipinski definition) is 5. The molecule has 0 atom stereocenters. The summed E-state index contributed by atoms with van der Waals surface area (Å²) in [5.74, 6) is -1.26. The summed E-state index contributed by atoms with van der Waals surface area (Å²) in [4.78, 5) is 38.9. The van der Waals surface area contributed by atoms with Gasteiger partial charge in [-0.05, 0) is 43.2 Å². The molecule has 0 bridgehead atoms. The Balaban J connectivity index is 2.32. The standard InChI is InChI=1S/C20H21ClN2O4S/c1-5-27-20(26)16-12(2)17(19(25)23(3)4)28-18(16)22-15(24)10-9-13-7-6-8-14(21)11-13/h6-11H,5H2,1-4H3,(H,22,24). The van der Waals surface area contributed by atoms with Crippen LogP contribution < -0.4 is 5.32 Å². The largest absolute Gasteiger partial charge is 0.462 e. The molecule has 8 heteroatoms. The number of anilines is 1. The number of ether oxygens (including phenoxy) is 1. The molecule has 1 aromatic carbocycles. The number of benzene rings is 1. The maximum Gasteiger partial charge on any atom is 0.341 e. The van der Waals surface area contributed by atoms with E-state index in [1.54, 1.807) is 52.2 Å². The summed E-state index contributed by atoms with van der Waals surface area (Å²) in [5.41, 5.74) is 1.44. The molecule has 1 N–H and O–H groups in total. The first-order valence-electron chi connectivity index (χ1n) is 8.51. The van der Waals surface area contributed by atoms with Gasteiger partial charge in [-0.2, -0.15) is 0 Å². The molecular formula is C20H21ClN2O4S. The zero-order chi connectivity index (χ0) is 20.8. The minimum atomic E-state index is -0.580. The van der Waals surface area contributed by atoms with Crippen LogP contribution in [0.3, 0.4) is 0 Å². The highest BCUT2D eigenvalue weighted by Gasteiger charge is 2.27. The normalized spacial score (nSPS) is 10.8. The van der Waals surface area contributed by atoms with Crippen LogP contribution in [0.25, 0.3) is 6.08 Å². The van der Waals surface area contributed by atoms with Gasteiger partial charge in [0.25, 0.3) is 5.91 Å². The second kappa shape index (κ2) is 9.52. The minimum absolute atomic E-state index is 0.188. The fraction of sp³-hybridized carbons (Fsp3) is 0.250. The molecule has 0 spiro atoms. The second-order valence-electron chi connectivity index (χ2n) is 6.06. The molecule has 28 heavy (non-hydrogen) atoms. The number of hydrogen-bond donors (Lipinski definition) is 1. The molecule has 2 aromatic rings. The molecular weight excluding hydrogens is 400 g/mol. The van der Waals surface area contributed by atoms with Gasteiger partial charge in [0.15, 0.2) is 0 Å². The first-order chi connectivity index (χ1) is 13.2. The van der Waals surface area contributed by atoms with Crippen molar-refractivity contribution in [1.29, 1.82) is 0 Å². The van der Waals surface area contributed by atoms with E-state index in [1.807, 2.05) is 6.07 Å². The van der Waals surface area contributed by atoms with E-state index >= 15 is 0 Å². The number of amides is 2. The van der Waals surface area contributed by atoms with E-state index in [1.165, 1.54) is 11.0 Å². The van der Waals surface area contributed by atoms with Crippen LogP contribution in [0.5, 0.6) is 0 Å². The first-order valence-corrected chi connectivity index (χ1v) is 9.70. The fourth-order valence-corrected chi connectivity index (χ4v) is 3.81. The summed E-state index contributed by atoms with van der Waals surface area (Å²) in [5, 5.41) is 3.52. The van der Waals surface area contributed by atoms with Gasteiger partial charge in [0, 0.05) is 25.2 Å². The van der Waals surface area contributed by atoms with Gasteiger partial charge < -0.3 is 15.0 Å². The molecule has 148 valence electrons. The molecule has 2 rings (SSSR count). The van der Waals surface area contributed by atoms with Gasteiger partial charge in [-0.15, -0.1) is 11.3 Å². The van der Waals surface area contributed by atoms with Crippen LogP contribution in [-0.4, -0.2) is 43.4 Å². The van der Waals surface area contributed by atoms with E-state index in [0.717, 1.165) is 16.9 Å². The van der Waals surface area contributed by atoms with E-state index < -0.39 is 11.9 Å². The lowest BCUT2D eigenvalue weighted by molar-refractivity contribution is -0.111. The van der Waals surface area contributed by atoms with Crippen molar-refractivity contribution in [2.24, 2.45) is 0 Å². The zero-order valence-electron chi connectivity index (χ0n) is 16.0. The molecule has 0 radical (unpaired) electrons. The lowest BCUT2D eigenvalue weighted by Crippen LogP contribution is -2.21. The topological polar surface area (TPSA) is 75.7 Å². The molecule has 1 aromatic heterocycles. The summed E-state index contributed by atoms with van der Waals surface area (Å²) < 4.78 is 5.09. The Morgan fingerprint density at radius 3 is 2.61 bits per heavy atom. The van der Waals surface area contributed by atoms with Gasteiger partial charge in [0.2, 0.25) is 5.91 Å². The lowest BCUT2D eigenvalue weighted by atomic mass is 10.1. The molecule has 0 saturated heterocycles. The minimum Gasteiger partial charge on any atom is -0.462 e. The van der Waals surface area contributed by atoms with E-state index in [4.69, 9.17) is 16.3 Å². The third kappa shape index (κ3) is 5.21. The molecule has 0 aliphatic rings. The molecule has 0 saturated carbocycles. The number of halogens is 1. The number of nitrogens with zero attached hydrogens (tertiary/aromatic N) is 1. The van der Waals surface area contributed by atoms with Crippen molar-refractivity contribution >= 4 is 51.8 Å². The quantitative estimate of drug-likeness (QED) is 0.560. The van der Waals surface area contributed by atoms with Crippen molar-refractivity contribution in [3.8, 4) is 0 Å². The number of carbonyl (C=O) groups excluding carboxylic acids is 3. The van der Waals surface area contributed by atoms with Crippen molar-refractivity contribution in [2.75, 3.05) is 26.0 Å². The number of thiophene rings is 1. The fourth-order valence-electron chi connectivity index (χ4n) is 2.39. The van der Waals surface area contributed by atoms with Crippen LogP contribution in [-0.2, 0) is 9.53 Å². The number of esters is 1. The van der Waals surface area contributed by atoms with Crippen LogP contribution >= 0.6 is 22.9 Å². The van der Waals surface area contributed by atoms with Crippen molar-refractivity contribution in [1.82, 2.24) is 4.90 Å². The summed E-state index contributed by atoms with van der Waals surface area (Å²) >= 11 is 6.98. The molecule has 0 fully saturated rings. The highest BCUT2D eigenvalue weighted by molar-refractivity contribution is 7.18. The predicted molar refractivity (Wildman–Crippen MR) is 112 cm³/mol. The van der Waals surface area contributed by atoms with Crippen molar-refractivity contribution in [3.05, 3.63) is 56.9 Å². The third-order valence-corrected chi connectivity index (χ3v) is 5.17. The zero-order valence-corrected chi connectivity index (χ0v) is 17.6. The van der Waals surface area contributed by atoms with Crippen molar-refractivity contribution < 1.29 is 19.1 Å². The summed E-state index contributed by atoms with van der Waals surface area (Å²) in [6.45, 7) is 3.54. The summed E-state index contributed by atoms with van der Waals surface area (Å²) in [6, 6.07) is 7.05. The first kappa shape index (κ1) is 21.7. The average molecular weight is 421 g/mol. The maximum atomic E-state index is 12.4. The van der Waals surface area contributed by atoms with E-state index in [9.17, 15) is 14.4 Å². The van der Waals surface area contributed by atoms with Gasteiger partial charge in [-0.1, -0.05) is 23.7 Å². The molecule has 0 aliphatic heterocycles. The van der Waals surface area contributed by atoms with Crippen LogP contribution in [0.1, 0.15) is 38.1 Å². The highest BCUT2D eigenvalue weighted by atomic mass is 35.5. The van der Waals surface area contributed by atoms with Gasteiger partial charge in [0.1, 0.15) is 5.00 Å². The Bertz CT molecular complexity index is 934. The SMILES string of the molecule is CCOC(=O)c1c(NC(=O)C=Cc2cccc(Cl)c2)sc(C(=O)N(C)C)c1C. The number of carbonyl (C=O) groups is 3. The third-order valence-electron chi connectivity index (χ3n) is 3.74. The van der Waals surface area contributed by atoms with E-state index in [-0.39, 0.29) is 23.1 Å². The number of rotatable bonds is 6. The van der Waals surface area contributed by atoms with E-state index in [2.05, 4.69) is 5.32 Å². The maximum absolute atomic E-state index is 12.4. The Morgan fingerprint density at radius 1 is 1.29 bits per heavy atom. The smallest absolute Gasteiger partial charge is 0.341 e. The van der Waals surface area contributed by atoms with Crippen LogP contribution in [0, 0.1) is 6.92 Å². The van der Waals surface area contributed by atoms with Gasteiger partial charge in [-0.3, -0.25) is 9.59 Å². The molecule has 0 unspecified atom stereocenters. The summed E-state index contributed by atoms with van der Waals surface area (Å²) in [6.07, 6.45) is 2.95. The van der Waals surface area contributed by atoms with Crippen molar-refractivity contribution in [2.45, 2.75) is 13.8 Å². The molecule has 6 nitrogen and oxygen atoms in total. The molecule has 0 aliphatic carbocycles. The Kier molecular flexibility index (Phi) is 7.37. The van der Waals surface area contributed by atoms with E-state index in [0.29, 0.717) is 15.5 Å². The highest BCUT2D eigenvalue weighted by Crippen LogP contribution is 2.34. The van der Waals surface area contributed by atoms with Crippen LogP contribution in [0.15, 0.2) is 30.3 Å². The average Bonchev–Trinajstić information content (AvgIpc) is 2.95. The monoisotopic (exact) mass is 420 g/mol. The second-order valence-corrected chi connectivity index (χ2v) is 7.52. The molecule has 1 heterocycles. The Labute approximate surface area is 172 Å². The summed E-state index contributed by atoms with van der Waals surface area (Å²) in [7, 11) is 3.25.